The quantitative estimate of drug-likeness (QED) is 0.0767. The molecule has 0 aliphatic heterocycles. The van der Waals surface area contributed by atoms with Gasteiger partial charge in [0.15, 0.2) is 0 Å². The van der Waals surface area contributed by atoms with Crippen molar-refractivity contribution in [2.75, 3.05) is 13.2 Å². The van der Waals surface area contributed by atoms with Gasteiger partial charge in [-0.3, -0.25) is 4.79 Å². The molecule has 2 aromatic rings. The largest absolute Gasteiger partial charge is 0.494 e. The van der Waals surface area contributed by atoms with E-state index < -0.39 is 0 Å². The van der Waals surface area contributed by atoms with Crippen LogP contribution in [0.25, 0.3) is 11.1 Å². The van der Waals surface area contributed by atoms with E-state index in [-0.39, 0.29) is 12.1 Å². The predicted molar refractivity (Wildman–Crippen MR) is 228 cm³/mol. The first-order valence-electron chi connectivity index (χ1n) is 23.0. The average Bonchev–Trinajstić information content (AvgIpc) is 3.54. The number of benzene rings is 2. The molecular formula is C51H76O4. The second-order valence-electron chi connectivity index (χ2n) is 19.3. The Labute approximate surface area is 336 Å². The lowest BCUT2D eigenvalue weighted by Crippen LogP contribution is -2.51. The van der Waals surface area contributed by atoms with E-state index in [0.717, 1.165) is 92.1 Å². The molecule has 4 aliphatic carbocycles. The van der Waals surface area contributed by atoms with Crippen LogP contribution >= 0.6 is 0 Å². The molecule has 0 spiro atoms. The standard InChI is InChI=1S/C51H76O4/c1-7-8-9-12-34-53-42-23-18-39(19-24-42)40-20-25-43(26-21-40)54-35-13-10-11-17-49(52)55-44-30-32-50(5)41(36-44)22-27-45-47-29-28-46(38(4)16-14-15-37(2)3)51(47,6)33-31-48(45)50/h18-26,37-38,44-48H,7-17,27-36H2,1-6H3/t38-,44+,45+,46-,47+,48+,50+,51-/m1/s1. The van der Waals surface area contributed by atoms with E-state index in [1.165, 1.54) is 88.2 Å². The third-order valence-electron chi connectivity index (χ3n) is 15.2. The number of allylic oxidation sites excluding steroid dienone is 1. The Hall–Kier alpha value is -2.75. The van der Waals surface area contributed by atoms with Crippen molar-refractivity contribution in [3.8, 4) is 22.6 Å². The van der Waals surface area contributed by atoms with Crippen LogP contribution < -0.4 is 9.47 Å². The van der Waals surface area contributed by atoms with Gasteiger partial charge in [0.05, 0.1) is 13.2 Å². The number of rotatable bonds is 20. The molecule has 304 valence electrons. The number of hydrogen-bond acceptors (Lipinski definition) is 4. The van der Waals surface area contributed by atoms with Crippen molar-refractivity contribution in [2.45, 2.75) is 170 Å². The summed E-state index contributed by atoms with van der Waals surface area (Å²) >= 11 is 0. The van der Waals surface area contributed by atoms with Gasteiger partial charge in [-0.15, -0.1) is 0 Å². The predicted octanol–water partition coefficient (Wildman–Crippen LogP) is 14.2. The van der Waals surface area contributed by atoms with Gasteiger partial charge in [-0.2, -0.15) is 0 Å². The third kappa shape index (κ3) is 10.4. The highest BCUT2D eigenvalue weighted by Gasteiger charge is 2.59. The van der Waals surface area contributed by atoms with Crippen LogP contribution in [0.5, 0.6) is 11.5 Å². The normalized spacial score (nSPS) is 29.1. The van der Waals surface area contributed by atoms with Crippen LogP contribution in [0, 0.1) is 46.3 Å². The number of esters is 1. The third-order valence-corrected chi connectivity index (χ3v) is 15.2. The van der Waals surface area contributed by atoms with Gasteiger partial charge in [0, 0.05) is 12.8 Å². The number of carbonyl (C=O) groups is 1. The van der Waals surface area contributed by atoms with E-state index >= 15 is 0 Å². The van der Waals surface area contributed by atoms with Crippen LogP contribution in [0.3, 0.4) is 0 Å². The summed E-state index contributed by atoms with van der Waals surface area (Å²) in [5, 5.41) is 0. The second-order valence-corrected chi connectivity index (χ2v) is 19.3. The van der Waals surface area contributed by atoms with E-state index in [0.29, 0.717) is 23.9 Å². The minimum Gasteiger partial charge on any atom is -0.494 e. The molecular weight excluding hydrogens is 677 g/mol. The fourth-order valence-corrected chi connectivity index (χ4v) is 11.9. The van der Waals surface area contributed by atoms with Crippen LogP contribution in [-0.2, 0) is 9.53 Å². The molecule has 0 bridgehead atoms. The van der Waals surface area contributed by atoms with Gasteiger partial charge in [0.1, 0.15) is 17.6 Å². The van der Waals surface area contributed by atoms with Crippen molar-refractivity contribution in [3.05, 3.63) is 60.2 Å². The van der Waals surface area contributed by atoms with Gasteiger partial charge in [0.25, 0.3) is 0 Å². The van der Waals surface area contributed by atoms with Gasteiger partial charge >= 0.3 is 5.97 Å². The molecule has 4 aliphatic rings. The highest BCUT2D eigenvalue weighted by Crippen LogP contribution is 2.67. The van der Waals surface area contributed by atoms with Gasteiger partial charge in [0.2, 0.25) is 0 Å². The summed E-state index contributed by atoms with van der Waals surface area (Å²) in [7, 11) is 0. The van der Waals surface area contributed by atoms with Crippen molar-refractivity contribution in [3.63, 3.8) is 0 Å². The summed E-state index contributed by atoms with van der Waals surface area (Å²) in [4.78, 5) is 12.9. The van der Waals surface area contributed by atoms with Gasteiger partial charge < -0.3 is 14.2 Å². The first-order valence-corrected chi connectivity index (χ1v) is 23.0. The van der Waals surface area contributed by atoms with Gasteiger partial charge in [-0.05, 0) is 152 Å². The van der Waals surface area contributed by atoms with Crippen LogP contribution in [0.4, 0.5) is 0 Å². The average molecular weight is 753 g/mol. The highest BCUT2D eigenvalue weighted by atomic mass is 16.5. The maximum atomic E-state index is 12.9. The molecule has 0 radical (unpaired) electrons. The lowest BCUT2D eigenvalue weighted by Gasteiger charge is -2.58. The summed E-state index contributed by atoms with van der Waals surface area (Å²) in [6.07, 6.45) is 25.1. The maximum Gasteiger partial charge on any atom is 0.306 e. The molecule has 0 saturated heterocycles. The van der Waals surface area contributed by atoms with Crippen molar-refractivity contribution in [1.82, 2.24) is 0 Å². The molecule has 0 N–H and O–H groups in total. The van der Waals surface area contributed by atoms with E-state index in [1.54, 1.807) is 5.57 Å². The number of ether oxygens (including phenoxy) is 3. The van der Waals surface area contributed by atoms with Crippen LogP contribution in [-0.4, -0.2) is 25.3 Å². The summed E-state index contributed by atoms with van der Waals surface area (Å²) in [5.41, 5.74) is 4.78. The minimum atomic E-state index is -0.0149. The summed E-state index contributed by atoms with van der Waals surface area (Å²) < 4.78 is 18.1. The van der Waals surface area contributed by atoms with Gasteiger partial charge in [-0.1, -0.05) is 116 Å². The molecule has 8 atom stereocenters. The molecule has 55 heavy (non-hydrogen) atoms. The van der Waals surface area contributed by atoms with Crippen molar-refractivity contribution in [1.29, 1.82) is 0 Å². The fraction of sp³-hybridized carbons (Fsp3) is 0.706. The Morgan fingerprint density at radius 1 is 0.727 bits per heavy atom. The molecule has 3 saturated carbocycles. The Kier molecular flexibility index (Phi) is 14.9. The number of fused-ring (bicyclic) bond motifs is 5. The van der Waals surface area contributed by atoms with Crippen LogP contribution in [0.2, 0.25) is 0 Å². The molecule has 0 amide bonds. The zero-order valence-electron chi connectivity index (χ0n) is 35.7. The summed E-state index contributed by atoms with van der Waals surface area (Å²) in [5.74, 6) is 6.94. The van der Waals surface area contributed by atoms with E-state index in [2.05, 4.69) is 84.0 Å². The Morgan fingerprint density at radius 2 is 1.38 bits per heavy atom. The molecule has 0 heterocycles. The first-order chi connectivity index (χ1) is 26.6. The smallest absolute Gasteiger partial charge is 0.306 e. The van der Waals surface area contributed by atoms with Crippen molar-refractivity contribution < 1.29 is 19.0 Å². The second kappa shape index (κ2) is 19.6. The number of carbonyl (C=O) groups excluding carboxylic acids is 1. The topological polar surface area (TPSA) is 44.8 Å². The number of unbranched alkanes of at least 4 members (excludes halogenated alkanes) is 5. The molecule has 4 nitrogen and oxygen atoms in total. The maximum absolute atomic E-state index is 12.9. The van der Waals surface area contributed by atoms with E-state index in [1.807, 2.05) is 12.1 Å². The van der Waals surface area contributed by atoms with E-state index in [9.17, 15) is 4.79 Å². The Balaban J connectivity index is 0.875. The molecule has 3 fully saturated rings. The van der Waals surface area contributed by atoms with Gasteiger partial charge in [-0.25, -0.2) is 0 Å². The zero-order valence-corrected chi connectivity index (χ0v) is 35.7. The summed E-state index contributed by atoms with van der Waals surface area (Å²) in [6, 6.07) is 16.7. The van der Waals surface area contributed by atoms with E-state index in [4.69, 9.17) is 14.2 Å². The Morgan fingerprint density at radius 3 is 2.02 bits per heavy atom. The zero-order chi connectivity index (χ0) is 38.8. The monoisotopic (exact) mass is 753 g/mol. The SMILES string of the molecule is CCCCCCOc1ccc(-c2ccc(OCCCCCC(=O)O[C@H]3CC[C@@]4(C)C(=CC[C@H]5[C@@H]6CC[C@H]([C@H](C)CCCC(C)C)[C@@]6(C)CC[C@@H]54)C3)cc2)cc1. The summed E-state index contributed by atoms with van der Waals surface area (Å²) in [6.45, 7) is 16.3. The molecule has 4 heteroatoms. The van der Waals surface area contributed by atoms with Crippen LogP contribution in [0.15, 0.2) is 60.2 Å². The molecule has 0 unspecified atom stereocenters. The Bertz CT molecular complexity index is 1510. The molecule has 0 aromatic heterocycles. The first kappa shape index (κ1) is 41.9. The molecule has 6 rings (SSSR count). The lowest BCUT2D eigenvalue weighted by atomic mass is 9.47. The lowest BCUT2D eigenvalue weighted by molar-refractivity contribution is -0.151. The minimum absolute atomic E-state index is 0.0149. The molecule has 2 aromatic carbocycles. The number of hydrogen-bond donors (Lipinski definition) is 0. The van der Waals surface area contributed by atoms with Crippen molar-refractivity contribution >= 4 is 5.97 Å². The fourth-order valence-electron chi connectivity index (χ4n) is 11.9. The van der Waals surface area contributed by atoms with Crippen molar-refractivity contribution in [2.24, 2.45) is 46.3 Å². The van der Waals surface area contributed by atoms with Crippen LogP contribution in [0.1, 0.15) is 164 Å². The highest BCUT2D eigenvalue weighted by molar-refractivity contribution is 5.69.